The van der Waals surface area contributed by atoms with Crippen molar-refractivity contribution in [3.8, 4) is 5.75 Å². The Morgan fingerprint density at radius 3 is 2.48 bits per heavy atom. The molecular formula is C16H24N2O4S. The van der Waals surface area contributed by atoms with Crippen LogP contribution in [0.3, 0.4) is 0 Å². The third-order valence-electron chi connectivity index (χ3n) is 4.26. The van der Waals surface area contributed by atoms with Gasteiger partial charge in [-0.1, -0.05) is 18.2 Å². The SMILES string of the molecule is COc1ccccc1[C@@H](C)NC(=O)C1CCN(S(C)(=O)=O)CC1. The molecule has 0 unspecified atom stereocenters. The predicted molar refractivity (Wildman–Crippen MR) is 88.7 cm³/mol. The summed E-state index contributed by atoms with van der Waals surface area (Å²) in [4.78, 5) is 12.4. The zero-order valence-electron chi connectivity index (χ0n) is 13.8. The smallest absolute Gasteiger partial charge is 0.223 e. The minimum Gasteiger partial charge on any atom is -0.496 e. The van der Waals surface area contributed by atoms with E-state index in [0.717, 1.165) is 11.3 Å². The average molecular weight is 340 g/mol. The maximum Gasteiger partial charge on any atom is 0.223 e. The molecule has 1 saturated heterocycles. The topological polar surface area (TPSA) is 75.7 Å². The number of para-hydroxylation sites is 1. The summed E-state index contributed by atoms with van der Waals surface area (Å²) < 4.78 is 29.8. The third-order valence-corrected chi connectivity index (χ3v) is 5.56. The number of hydrogen-bond donors (Lipinski definition) is 1. The number of benzene rings is 1. The lowest BCUT2D eigenvalue weighted by Crippen LogP contribution is -2.43. The Morgan fingerprint density at radius 1 is 1.30 bits per heavy atom. The Morgan fingerprint density at radius 2 is 1.91 bits per heavy atom. The molecular weight excluding hydrogens is 316 g/mol. The van der Waals surface area contributed by atoms with E-state index in [2.05, 4.69) is 5.32 Å². The molecule has 0 spiro atoms. The van der Waals surface area contributed by atoms with Gasteiger partial charge in [-0.3, -0.25) is 4.79 Å². The van der Waals surface area contributed by atoms with Gasteiger partial charge in [-0.15, -0.1) is 0 Å². The summed E-state index contributed by atoms with van der Waals surface area (Å²) in [5, 5.41) is 3.01. The highest BCUT2D eigenvalue weighted by Crippen LogP contribution is 2.26. The lowest BCUT2D eigenvalue weighted by atomic mass is 9.96. The van der Waals surface area contributed by atoms with E-state index in [1.165, 1.54) is 10.6 Å². The van der Waals surface area contributed by atoms with Crippen LogP contribution in [0.25, 0.3) is 0 Å². The van der Waals surface area contributed by atoms with Crippen LogP contribution in [0.5, 0.6) is 5.75 Å². The second-order valence-electron chi connectivity index (χ2n) is 5.91. The van der Waals surface area contributed by atoms with Crippen molar-refractivity contribution in [2.75, 3.05) is 26.5 Å². The summed E-state index contributed by atoms with van der Waals surface area (Å²) in [6.45, 7) is 2.72. The van der Waals surface area contributed by atoms with Crippen molar-refractivity contribution in [2.24, 2.45) is 5.92 Å². The molecule has 0 saturated carbocycles. The van der Waals surface area contributed by atoms with Gasteiger partial charge in [-0.25, -0.2) is 12.7 Å². The average Bonchev–Trinajstić information content (AvgIpc) is 2.54. The summed E-state index contributed by atoms with van der Waals surface area (Å²) in [5.41, 5.74) is 0.928. The molecule has 0 aromatic heterocycles. The zero-order chi connectivity index (χ0) is 17.0. The van der Waals surface area contributed by atoms with Crippen molar-refractivity contribution in [3.63, 3.8) is 0 Å². The highest BCUT2D eigenvalue weighted by molar-refractivity contribution is 7.88. The van der Waals surface area contributed by atoms with E-state index in [1.54, 1.807) is 7.11 Å². The molecule has 1 aromatic rings. The van der Waals surface area contributed by atoms with Crippen molar-refractivity contribution in [1.82, 2.24) is 9.62 Å². The maximum absolute atomic E-state index is 12.4. The molecule has 1 aliphatic rings. The van der Waals surface area contributed by atoms with Crippen LogP contribution in [0.1, 0.15) is 31.4 Å². The summed E-state index contributed by atoms with van der Waals surface area (Å²) in [6, 6.07) is 7.42. The predicted octanol–water partition coefficient (Wildman–Crippen LogP) is 1.54. The van der Waals surface area contributed by atoms with Gasteiger partial charge in [0.2, 0.25) is 15.9 Å². The van der Waals surface area contributed by atoms with Gasteiger partial charge >= 0.3 is 0 Å². The van der Waals surface area contributed by atoms with Crippen LogP contribution in [-0.4, -0.2) is 45.1 Å². The molecule has 0 aliphatic carbocycles. The van der Waals surface area contributed by atoms with Crippen LogP contribution >= 0.6 is 0 Å². The van der Waals surface area contributed by atoms with E-state index in [9.17, 15) is 13.2 Å². The Labute approximate surface area is 137 Å². The molecule has 1 N–H and O–H groups in total. The molecule has 23 heavy (non-hydrogen) atoms. The van der Waals surface area contributed by atoms with Gasteiger partial charge in [0.25, 0.3) is 0 Å². The number of piperidine rings is 1. The van der Waals surface area contributed by atoms with Crippen LogP contribution in [0.15, 0.2) is 24.3 Å². The van der Waals surface area contributed by atoms with Gasteiger partial charge in [0.15, 0.2) is 0 Å². The van der Waals surface area contributed by atoms with Gasteiger partial charge in [0.1, 0.15) is 5.75 Å². The number of nitrogens with zero attached hydrogens (tertiary/aromatic N) is 1. The van der Waals surface area contributed by atoms with Crippen molar-refractivity contribution in [1.29, 1.82) is 0 Å². The number of ether oxygens (including phenoxy) is 1. The Hall–Kier alpha value is -1.60. The number of sulfonamides is 1. The Kier molecular flexibility index (Phi) is 5.64. The largest absolute Gasteiger partial charge is 0.496 e. The molecule has 7 heteroatoms. The minimum absolute atomic E-state index is 0.0310. The molecule has 0 bridgehead atoms. The standard InChI is InChI=1S/C16H24N2O4S/c1-12(14-6-4-5-7-15(14)22-2)17-16(19)13-8-10-18(11-9-13)23(3,20)21/h4-7,12-13H,8-11H2,1-3H3,(H,17,19)/t12-/m1/s1. The van der Waals surface area contributed by atoms with Crippen LogP contribution in [0, 0.1) is 5.92 Å². The minimum atomic E-state index is -3.16. The first-order chi connectivity index (χ1) is 10.8. The molecule has 1 amide bonds. The number of hydrogen-bond acceptors (Lipinski definition) is 4. The summed E-state index contributed by atoms with van der Waals surface area (Å²) in [7, 11) is -1.56. The van der Waals surface area contributed by atoms with Gasteiger partial charge in [-0.05, 0) is 25.8 Å². The second kappa shape index (κ2) is 7.31. The fraction of sp³-hybridized carbons (Fsp3) is 0.562. The molecule has 0 radical (unpaired) electrons. The lowest BCUT2D eigenvalue weighted by molar-refractivity contribution is -0.126. The van der Waals surface area contributed by atoms with Crippen molar-refractivity contribution in [3.05, 3.63) is 29.8 Å². The molecule has 1 atom stereocenters. The number of nitrogens with one attached hydrogen (secondary N) is 1. The van der Waals surface area contributed by atoms with Crippen LogP contribution in [0.4, 0.5) is 0 Å². The first-order valence-corrected chi connectivity index (χ1v) is 9.56. The van der Waals surface area contributed by atoms with E-state index >= 15 is 0 Å². The first-order valence-electron chi connectivity index (χ1n) is 7.71. The molecule has 128 valence electrons. The molecule has 1 fully saturated rings. The van der Waals surface area contributed by atoms with Crippen molar-refractivity contribution >= 4 is 15.9 Å². The van der Waals surface area contributed by atoms with Crippen molar-refractivity contribution in [2.45, 2.75) is 25.8 Å². The van der Waals surface area contributed by atoms with Gasteiger partial charge < -0.3 is 10.1 Å². The summed E-state index contributed by atoms with van der Waals surface area (Å²) >= 11 is 0. The lowest BCUT2D eigenvalue weighted by Gasteiger charge is -2.30. The third kappa shape index (κ3) is 4.45. The molecule has 1 aliphatic heterocycles. The monoisotopic (exact) mass is 340 g/mol. The molecule has 1 heterocycles. The summed E-state index contributed by atoms with van der Waals surface area (Å²) in [6.07, 6.45) is 2.31. The van der Waals surface area contributed by atoms with E-state index in [1.807, 2.05) is 31.2 Å². The number of methoxy groups -OCH3 is 1. The molecule has 6 nitrogen and oxygen atoms in total. The van der Waals surface area contributed by atoms with Crippen LogP contribution in [0.2, 0.25) is 0 Å². The first kappa shape index (κ1) is 17.7. The Bertz CT molecular complexity index is 652. The summed E-state index contributed by atoms with van der Waals surface area (Å²) in [5.74, 6) is 0.564. The maximum atomic E-state index is 12.4. The van der Waals surface area contributed by atoms with E-state index in [4.69, 9.17) is 4.74 Å². The van der Waals surface area contributed by atoms with E-state index in [-0.39, 0.29) is 17.9 Å². The quantitative estimate of drug-likeness (QED) is 0.882. The molecule has 1 aromatic carbocycles. The van der Waals surface area contributed by atoms with Gasteiger partial charge in [-0.2, -0.15) is 0 Å². The van der Waals surface area contributed by atoms with Crippen LogP contribution in [-0.2, 0) is 14.8 Å². The Balaban J connectivity index is 1.95. The number of amides is 1. The van der Waals surface area contributed by atoms with Gasteiger partial charge in [0.05, 0.1) is 19.4 Å². The van der Waals surface area contributed by atoms with Gasteiger partial charge in [0, 0.05) is 24.6 Å². The van der Waals surface area contributed by atoms with Crippen LogP contribution < -0.4 is 10.1 Å². The number of carbonyl (C=O) groups is 1. The molecule has 2 rings (SSSR count). The van der Waals surface area contributed by atoms with E-state index < -0.39 is 10.0 Å². The highest BCUT2D eigenvalue weighted by atomic mass is 32.2. The number of rotatable bonds is 5. The second-order valence-corrected chi connectivity index (χ2v) is 7.89. The van der Waals surface area contributed by atoms with E-state index in [0.29, 0.717) is 25.9 Å². The zero-order valence-corrected chi connectivity index (χ0v) is 14.6. The highest BCUT2D eigenvalue weighted by Gasteiger charge is 2.29. The fourth-order valence-corrected chi connectivity index (χ4v) is 3.76. The number of carbonyl (C=O) groups excluding carboxylic acids is 1. The fourth-order valence-electron chi connectivity index (χ4n) is 2.88. The van der Waals surface area contributed by atoms with Crippen molar-refractivity contribution < 1.29 is 17.9 Å². The normalized spacial score (nSPS) is 18.4.